The van der Waals surface area contributed by atoms with Crippen molar-refractivity contribution in [2.75, 3.05) is 13.1 Å². The number of carboxylic acid groups (broad SMARTS) is 1. The van der Waals surface area contributed by atoms with E-state index in [1.54, 1.807) is 0 Å². The fraction of sp³-hybridized carbons (Fsp3) is 0.875. The van der Waals surface area contributed by atoms with E-state index in [2.05, 4.69) is 12.2 Å². The molecule has 1 aliphatic carbocycles. The average Bonchev–Trinajstić information content (AvgIpc) is 2.81. The van der Waals surface area contributed by atoms with E-state index in [-0.39, 0.29) is 17.9 Å². The van der Waals surface area contributed by atoms with E-state index in [9.17, 15) is 14.7 Å². The van der Waals surface area contributed by atoms with E-state index in [1.165, 1.54) is 12.8 Å². The number of nitrogens with one attached hydrogen (secondary N) is 1. The van der Waals surface area contributed by atoms with Gasteiger partial charge in [-0.15, -0.1) is 0 Å². The summed E-state index contributed by atoms with van der Waals surface area (Å²) in [5.41, 5.74) is 0. The summed E-state index contributed by atoms with van der Waals surface area (Å²) in [5.74, 6) is -0.900. The zero-order valence-corrected chi connectivity index (χ0v) is 13.0. The average molecular weight is 296 g/mol. The molecule has 1 saturated heterocycles. The van der Waals surface area contributed by atoms with Gasteiger partial charge in [-0.05, 0) is 38.0 Å². The zero-order valence-electron chi connectivity index (χ0n) is 13.0. The Morgan fingerprint density at radius 1 is 1.14 bits per heavy atom. The molecule has 2 N–H and O–H groups in total. The molecule has 3 unspecified atom stereocenters. The van der Waals surface area contributed by atoms with Gasteiger partial charge in [0.2, 0.25) is 0 Å². The Bertz CT molecular complexity index is 373. The molecule has 5 heteroatoms. The number of urea groups is 1. The number of nitrogens with zero attached hydrogens (tertiary/aromatic N) is 1. The van der Waals surface area contributed by atoms with Crippen molar-refractivity contribution in [3.8, 4) is 0 Å². The fourth-order valence-electron chi connectivity index (χ4n) is 3.80. The minimum Gasteiger partial charge on any atom is -0.481 e. The topological polar surface area (TPSA) is 69.6 Å². The van der Waals surface area contributed by atoms with Crippen LogP contribution in [0.2, 0.25) is 0 Å². The number of carbonyl (C=O) groups excluding carboxylic acids is 1. The predicted octanol–water partition coefficient (Wildman–Crippen LogP) is 2.85. The van der Waals surface area contributed by atoms with Gasteiger partial charge in [0.05, 0.1) is 5.92 Å². The predicted molar refractivity (Wildman–Crippen MR) is 81.1 cm³/mol. The molecule has 2 fully saturated rings. The lowest BCUT2D eigenvalue weighted by Crippen LogP contribution is -2.47. The summed E-state index contributed by atoms with van der Waals surface area (Å²) in [5, 5.41) is 12.2. The van der Waals surface area contributed by atoms with Gasteiger partial charge in [-0.2, -0.15) is 0 Å². The summed E-state index contributed by atoms with van der Waals surface area (Å²) in [7, 11) is 0. The number of likely N-dealkylation sites (tertiary alicyclic amines) is 1. The number of rotatable bonds is 4. The summed E-state index contributed by atoms with van der Waals surface area (Å²) < 4.78 is 0. The van der Waals surface area contributed by atoms with Gasteiger partial charge >= 0.3 is 12.0 Å². The van der Waals surface area contributed by atoms with Gasteiger partial charge in [0.25, 0.3) is 0 Å². The van der Waals surface area contributed by atoms with Crippen LogP contribution in [-0.2, 0) is 4.79 Å². The summed E-state index contributed by atoms with van der Waals surface area (Å²) in [6, 6.07) is 0.339. The second-order valence-electron chi connectivity index (χ2n) is 6.43. The molecule has 0 aromatic carbocycles. The maximum atomic E-state index is 12.4. The first-order valence-corrected chi connectivity index (χ1v) is 8.40. The first-order chi connectivity index (χ1) is 10.1. The molecule has 0 spiro atoms. The number of hydrogen-bond acceptors (Lipinski definition) is 2. The van der Waals surface area contributed by atoms with Crippen LogP contribution in [0.4, 0.5) is 4.79 Å². The van der Waals surface area contributed by atoms with Crippen molar-refractivity contribution in [2.24, 2.45) is 11.8 Å². The molecular weight excluding hydrogens is 268 g/mol. The van der Waals surface area contributed by atoms with E-state index in [4.69, 9.17) is 0 Å². The molecule has 2 aliphatic rings. The Hall–Kier alpha value is -1.26. The van der Waals surface area contributed by atoms with Crippen LogP contribution >= 0.6 is 0 Å². The SMILES string of the molecule is CCC1CCCCCN1C(=O)NCC1CCCC1C(=O)O. The molecule has 0 aromatic rings. The lowest BCUT2D eigenvalue weighted by Gasteiger charge is -2.30. The van der Waals surface area contributed by atoms with Crippen molar-refractivity contribution in [3.05, 3.63) is 0 Å². The van der Waals surface area contributed by atoms with Crippen LogP contribution < -0.4 is 5.32 Å². The van der Waals surface area contributed by atoms with Crippen LogP contribution in [0, 0.1) is 11.8 Å². The highest BCUT2D eigenvalue weighted by Gasteiger charge is 2.33. The Balaban J connectivity index is 1.86. The van der Waals surface area contributed by atoms with E-state index in [1.807, 2.05) is 4.90 Å². The normalized spacial score (nSPS) is 30.0. The van der Waals surface area contributed by atoms with Crippen molar-refractivity contribution in [2.45, 2.75) is 64.3 Å². The molecule has 0 bridgehead atoms. The Labute approximate surface area is 127 Å². The minimum atomic E-state index is -0.715. The maximum Gasteiger partial charge on any atom is 0.317 e. The van der Waals surface area contributed by atoms with Crippen molar-refractivity contribution in [1.29, 1.82) is 0 Å². The van der Waals surface area contributed by atoms with Gasteiger partial charge in [0.15, 0.2) is 0 Å². The molecular formula is C16H28N2O3. The molecule has 3 atom stereocenters. The van der Waals surface area contributed by atoms with Gasteiger partial charge in [0, 0.05) is 19.1 Å². The van der Waals surface area contributed by atoms with Crippen LogP contribution in [-0.4, -0.2) is 41.1 Å². The third-order valence-corrected chi connectivity index (χ3v) is 5.10. The minimum absolute atomic E-state index is 0.000196. The largest absolute Gasteiger partial charge is 0.481 e. The standard InChI is InChI=1S/C16H28N2O3/c1-2-13-8-4-3-5-10-18(13)16(21)17-11-12-7-6-9-14(12)15(19)20/h12-14H,2-11H2,1H3,(H,17,21)(H,19,20). The van der Waals surface area contributed by atoms with E-state index < -0.39 is 5.97 Å². The molecule has 1 heterocycles. The molecule has 21 heavy (non-hydrogen) atoms. The maximum absolute atomic E-state index is 12.4. The van der Waals surface area contributed by atoms with Gasteiger partial charge in [0.1, 0.15) is 0 Å². The summed E-state index contributed by atoms with van der Waals surface area (Å²) in [6.07, 6.45) is 8.17. The van der Waals surface area contributed by atoms with E-state index in [0.29, 0.717) is 12.6 Å². The van der Waals surface area contributed by atoms with Crippen LogP contribution in [0.5, 0.6) is 0 Å². The highest BCUT2D eigenvalue weighted by molar-refractivity contribution is 5.75. The van der Waals surface area contributed by atoms with Crippen LogP contribution in [0.15, 0.2) is 0 Å². The number of aliphatic carboxylic acids is 1. The number of carbonyl (C=O) groups is 2. The molecule has 5 nitrogen and oxygen atoms in total. The van der Waals surface area contributed by atoms with Gasteiger partial charge in [-0.3, -0.25) is 4.79 Å². The van der Waals surface area contributed by atoms with E-state index >= 15 is 0 Å². The van der Waals surface area contributed by atoms with Gasteiger partial charge in [-0.25, -0.2) is 4.79 Å². The van der Waals surface area contributed by atoms with Gasteiger partial charge < -0.3 is 15.3 Å². The fourth-order valence-corrected chi connectivity index (χ4v) is 3.80. The first-order valence-electron chi connectivity index (χ1n) is 8.40. The third-order valence-electron chi connectivity index (χ3n) is 5.10. The second-order valence-corrected chi connectivity index (χ2v) is 6.43. The molecule has 0 aromatic heterocycles. The Kier molecular flexibility index (Phi) is 5.88. The second kappa shape index (κ2) is 7.66. The summed E-state index contributed by atoms with van der Waals surface area (Å²) in [6.45, 7) is 3.47. The Morgan fingerprint density at radius 3 is 2.67 bits per heavy atom. The monoisotopic (exact) mass is 296 g/mol. The lowest BCUT2D eigenvalue weighted by atomic mass is 9.96. The van der Waals surface area contributed by atoms with Crippen molar-refractivity contribution in [3.63, 3.8) is 0 Å². The highest BCUT2D eigenvalue weighted by atomic mass is 16.4. The number of amides is 2. The van der Waals surface area contributed by atoms with Crippen LogP contribution in [0.25, 0.3) is 0 Å². The summed E-state index contributed by atoms with van der Waals surface area (Å²) >= 11 is 0. The molecule has 2 rings (SSSR count). The third kappa shape index (κ3) is 4.11. The molecule has 2 amide bonds. The quantitative estimate of drug-likeness (QED) is 0.838. The van der Waals surface area contributed by atoms with Crippen molar-refractivity contribution >= 4 is 12.0 Å². The summed E-state index contributed by atoms with van der Waals surface area (Å²) in [4.78, 5) is 25.6. The highest BCUT2D eigenvalue weighted by Crippen LogP contribution is 2.31. The molecule has 120 valence electrons. The molecule has 1 saturated carbocycles. The number of carboxylic acids is 1. The van der Waals surface area contributed by atoms with Gasteiger partial charge in [-0.1, -0.05) is 26.2 Å². The zero-order chi connectivity index (χ0) is 15.2. The van der Waals surface area contributed by atoms with E-state index in [0.717, 1.165) is 45.1 Å². The Morgan fingerprint density at radius 2 is 1.95 bits per heavy atom. The molecule has 1 aliphatic heterocycles. The molecule has 0 radical (unpaired) electrons. The van der Waals surface area contributed by atoms with Crippen LogP contribution in [0.1, 0.15) is 58.3 Å². The van der Waals surface area contributed by atoms with Crippen molar-refractivity contribution in [1.82, 2.24) is 10.2 Å². The number of hydrogen-bond donors (Lipinski definition) is 2. The van der Waals surface area contributed by atoms with Crippen LogP contribution in [0.3, 0.4) is 0 Å². The van der Waals surface area contributed by atoms with Crippen molar-refractivity contribution < 1.29 is 14.7 Å². The first kappa shape index (κ1) is 16.1. The lowest BCUT2D eigenvalue weighted by molar-refractivity contribution is -0.142. The smallest absolute Gasteiger partial charge is 0.317 e.